The van der Waals surface area contributed by atoms with Crippen molar-refractivity contribution >= 4 is 45.6 Å². The van der Waals surface area contributed by atoms with Gasteiger partial charge in [-0.05, 0) is 46.2 Å². The Hall–Kier alpha value is -3.17. The lowest BCUT2D eigenvalue weighted by Crippen LogP contribution is -2.37. The van der Waals surface area contributed by atoms with Gasteiger partial charge in [-0.15, -0.1) is 0 Å². The number of ether oxygens (including phenoxy) is 1. The van der Waals surface area contributed by atoms with E-state index in [0.717, 1.165) is 11.5 Å². The maximum absolute atomic E-state index is 6.63. The number of fused-ring (bicyclic) bond motifs is 5. The molecule has 2 heterocycles. The van der Waals surface area contributed by atoms with Gasteiger partial charge in [0.05, 0.1) is 19.0 Å². The van der Waals surface area contributed by atoms with E-state index in [1.165, 1.54) is 54.3 Å². The van der Waals surface area contributed by atoms with Crippen LogP contribution in [0.4, 0.5) is 0 Å². The third-order valence-corrected chi connectivity index (χ3v) is 8.84. The van der Waals surface area contributed by atoms with Crippen molar-refractivity contribution in [2.45, 2.75) is 26.6 Å². The molecule has 0 aliphatic carbocycles. The average molecular weight is 421 g/mol. The van der Waals surface area contributed by atoms with Gasteiger partial charge in [0.2, 0.25) is 5.69 Å². The highest BCUT2D eigenvalue weighted by Crippen LogP contribution is 2.49. The molecule has 152 valence electrons. The Morgan fingerprint density at radius 2 is 1.55 bits per heavy atom. The highest BCUT2D eigenvalue weighted by Gasteiger charge is 2.31. The van der Waals surface area contributed by atoms with Crippen molar-refractivity contribution < 1.29 is 9.30 Å². The van der Waals surface area contributed by atoms with Gasteiger partial charge >= 0.3 is 0 Å². The normalized spacial score (nSPS) is 12.9. The number of rotatable bonds is 1. The highest BCUT2D eigenvalue weighted by atomic mass is 28.3. The van der Waals surface area contributed by atoms with Crippen LogP contribution in [-0.2, 0) is 7.05 Å². The van der Waals surface area contributed by atoms with E-state index in [-0.39, 0.29) is 0 Å². The molecular weight excluding hydrogens is 394 g/mol. The van der Waals surface area contributed by atoms with Gasteiger partial charge in [0.15, 0.2) is 6.20 Å². The Labute approximate surface area is 183 Å². The molecule has 5 aromatic rings. The van der Waals surface area contributed by atoms with Crippen LogP contribution < -0.4 is 14.5 Å². The fourth-order valence-electron chi connectivity index (χ4n) is 5.10. The largest absolute Gasteiger partial charge is 0.456 e. The molecule has 1 aliphatic rings. The number of hydrogen-bond donors (Lipinski definition) is 0. The summed E-state index contributed by atoms with van der Waals surface area (Å²) in [6.07, 6.45) is 2.19. The Kier molecular flexibility index (Phi) is 3.70. The fraction of sp³-hybridized carbons (Fsp3) is 0.179. The maximum Gasteiger partial charge on any atom is 0.228 e. The Morgan fingerprint density at radius 1 is 0.774 bits per heavy atom. The summed E-state index contributed by atoms with van der Waals surface area (Å²) >= 11 is 0. The number of nitrogens with zero attached hydrogens (tertiary/aromatic N) is 1. The zero-order valence-corrected chi connectivity index (χ0v) is 19.7. The summed E-state index contributed by atoms with van der Waals surface area (Å²) in [7, 11) is 0.748. The van der Waals surface area contributed by atoms with Crippen molar-refractivity contribution in [1.82, 2.24) is 0 Å². The topological polar surface area (TPSA) is 13.1 Å². The maximum atomic E-state index is 6.63. The predicted octanol–water partition coefficient (Wildman–Crippen LogP) is 6.60. The quantitative estimate of drug-likeness (QED) is 0.166. The van der Waals surface area contributed by atoms with Gasteiger partial charge in [0.1, 0.15) is 18.5 Å². The van der Waals surface area contributed by atoms with Crippen molar-refractivity contribution in [1.29, 1.82) is 0 Å². The first-order valence-electron chi connectivity index (χ1n) is 10.9. The molecule has 6 rings (SSSR count). The van der Waals surface area contributed by atoms with Gasteiger partial charge in [0.25, 0.3) is 0 Å². The standard InChI is InChI=1S/C28H26NOSi/c1-17-21-9-7-6-8-18(21)15-24-26(17)28-27-23(12-13-29(28)2)22-11-10-20(31(3,4)5)14-19(22)16-25(27)30-24/h6-16H,1-5H3/q+1. The van der Waals surface area contributed by atoms with Gasteiger partial charge < -0.3 is 4.74 Å². The molecule has 1 aliphatic heterocycles. The van der Waals surface area contributed by atoms with E-state index < -0.39 is 8.07 Å². The molecule has 0 saturated heterocycles. The first kappa shape index (κ1) is 18.6. The Bertz CT molecular complexity index is 1560. The predicted molar refractivity (Wildman–Crippen MR) is 133 cm³/mol. The van der Waals surface area contributed by atoms with Gasteiger partial charge in [-0.1, -0.05) is 67.3 Å². The molecule has 0 unspecified atom stereocenters. The van der Waals surface area contributed by atoms with Crippen molar-refractivity contribution in [2.24, 2.45) is 7.05 Å². The van der Waals surface area contributed by atoms with Crippen LogP contribution in [0.5, 0.6) is 11.5 Å². The molecule has 0 bridgehead atoms. The second-order valence-corrected chi connectivity index (χ2v) is 14.9. The number of pyridine rings is 1. The molecule has 0 radical (unpaired) electrons. The van der Waals surface area contributed by atoms with Crippen molar-refractivity contribution in [3.8, 4) is 22.8 Å². The van der Waals surface area contributed by atoms with Crippen LogP contribution in [-0.4, -0.2) is 8.07 Å². The number of benzene rings is 4. The number of aryl methyl sites for hydroxylation is 2. The molecule has 31 heavy (non-hydrogen) atoms. The first-order valence-corrected chi connectivity index (χ1v) is 14.4. The lowest BCUT2D eigenvalue weighted by atomic mass is 9.90. The van der Waals surface area contributed by atoms with Crippen LogP contribution in [0.25, 0.3) is 43.6 Å². The van der Waals surface area contributed by atoms with E-state index >= 15 is 0 Å². The molecule has 0 atom stereocenters. The second-order valence-electron chi connectivity index (χ2n) is 9.82. The van der Waals surface area contributed by atoms with E-state index in [1.807, 2.05) is 0 Å². The third-order valence-electron chi connectivity index (χ3n) is 6.79. The minimum atomic E-state index is -1.39. The summed E-state index contributed by atoms with van der Waals surface area (Å²) in [6, 6.07) is 22.3. The van der Waals surface area contributed by atoms with Gasteiger partial charge in [-0.3, -0.25) is 0 Å². The molecule has 0 fully saturated rings. The second kappa shape index (κ2) is 6.18. The molecule has 3 heteroatoms. The van der Waals surface area contributed by atoms with E-state index in [0.29, 0.717) is 0 Å². The van der Waals surface area contributed by atoms with Crippen LogP contribution in [0.1, 0.15) is 5.56 Å². The summed E-state index contributed by atoms with van der Waals surface area (Å²) < 4.78 is 8.87. The zero-order valence-electron chi connectivity index (χ0n) is 18.7. The highest BCUT2D eigenvalue weighted by molar-refractivity contribution is 6.88. The zero-order chi connectivity index (χ0) is 21.5. The van der Waals surface area contributed by atoms with Crippen molar-refractivity contribution in [3.05, 3.63) is 72.4 Å². The number of aromatic nitrogens is 1. The summed E-state index contributed by atoms with van der Waals surface area (Å²) in [5.74, 6) is 1.91. The van der Waals surface area contributed by atoms with Crippen LogP contribution >= 0.6 is 0 Å². The first-order chi connectivity index (χ1) is 14.8. The molecular formula is C28H26NOSi+. The van der Waals surface area contributed by atoms with Crippen LogP contribution in [0.3, 0.4) is 0 Å². The lowest BCUT2D eigenvalue weighted by molar-refractivity contribution is -0.659. The van der Waals surface area contributed by atoms with Crippen LogP contribution in [0, 0.1) is 6.92 Å². The summed E-state index contributed by atoms with van der Waals surface area (Å²) in [6.45, 7) is 9.42. The Morgan fingerprint density at radius 3 is 2.35 bits per heavy atom. The smallest absolute Gasteiger partial charge is 0.228 e. The fourth-order valence-corrected chi connectivity index (χ4v) is 6.27. The van der Waals surface area contributed by atoms with Gasteiger partial charge in [-0.25, -0.2) is 4.57 Å². The molecule has 0 N–H and O–H groups in total. The third kappa shape index (κ3) is 2.59. The molecule has 0 spiro atoms. The van der Waals surface area contributed by atoms with E-state index in [4.69, 9.17) is 4.74 Å². The summed E-state index contributed by atoms with van der Waals surface area (Å²) in [5, 5.41) is 9.03. The molecule has 2 nitrogen and oxygen atoms in total. The summed E-state index contributed by atoms with van der Waals surface area (Å²) in [5.41, 5.74) is 3.72. The van der Waals surface area contributed by atoms with Crippen LogP contribution in [0.2, 0.25) is 19.6 Å². The molecule has 0 saturated carbocycles. The minimum absolute atomic E-state index is 0.951. The van der Waals surface area contributed by atoms with E-state index in [1.54, 1.807) is 0 Å². The molecule has 1 aromatic heterocycles. The minimum Gasteiger partial charge on any atom is -0.456 e. The summed E-state index contributed by atoms with van der Waals surface area (Å²) in [4.78, 5) is 0. The van der Waals surface area contributed by atoms with Gasteiger partial charge in [0, 0.05) is 11.5 Å². The van der Waals surface area contributed by atoms with Crippen molar-refractivity contribution in [2.75, 3.05) is 0 Å². The number of hydrogen-bond acceptors (Lipinski definition) is 1. The van der Waals surface area contributed by atoms with Crippen LogP contribution in [0.15, 0.2) is 66.9 Å². The van der Waals surface area contributed by atoms with E-state index in [9.17, 15) is 0 Å². The average Bonchev–Trinajstić information content (AvgIpc) is 2.74. The van der Waals surface area contributed by atoms with E-state index in [2.05, 4.69) is 105 Å². The lowest BCUT2D eigenvalue weighted by Gasteiger charge is -2.23. The molecule has 4 aromatic carbocycles. The Balaban J connectivity index is 1.76. The molecule has 0 amide bonds. The van der Waals surface area contributed by atoms with Crippen molar-refractivity contribution in [3.63, 3.8) is 0 Å². The van der Waals surface area contributed by atoms with Gasteiger partial charge in [-0.2, -0.15) is 0 Å². The SMILES string of the molecule is Cc1c2c(cc3ccccc13)Oc1cc3cc([Si](C)(C)C)ccc3c3cc[n+](C)c-2c13. The monoisotopic (exact) mass is 420 g/mol.